The van der Waals surface area contributed by atoms with E-state index in [9.17, 15) is 0 Å². The summed E-state index contributed by atoms with van der Waals surface area (Å²) in [7, 11) is 0. The normalized spacial score (nSPS) is 11.8. The second-order valence-electron chi connectivity index (χ2n) is 15.6. The van der Waals surface area contributed by atoms with Crippen molar-refractivity contribution in [2.75, 3.05) is 0 Å². The van der Waals surface area contributed by atoms with E-state index in [4.69, 9.17) is 0 Å². The first kappa shape index (κ1) is 32.7. The van der Waals surface area contributed by atoms with Gasteiger partial charge in [0, 0.05) is 0 Å². The Morgan fingerprint density at radius 1 is 0.190 bits per heavy atom. The molecule has 0 heterocycles. The Labute approximate surface area is 337 Å². The van der Waals surface area contributed by atoms with Gasteiger partial charge < -0.3 is 0 Å². The van der Waals surface area contributed by atoms with Gasteiger partial charge in [-0.15, -0.1) is 0 Å². The highest BCUT2D eigenvalue weighted by Crippen LogP contribution is 2.48. The van der Waals surface area contributed by atoms with E-state index < -0.39 is 0 Å². The van der Waals surface area contributed by atoms with Crippen molar-refractivity contribution in [1.82, 2.24) is 0 Å². The van der Waals surface area contributed by atoms with Crippen molar-refractivity contribution in [3.05, 3.63) is 218 Å². The lowest BCUT2D eigenvalue weighted by Crippen LogP contribution is -1.93. The molecule has 0 radical (unpaired) electrons. The molecule has 0 amide bonds. The summed E-state index contributed by atoms with van der Waals surface area (Å²) in [5.74, 6) is 0. The van der Waals surface area contributed by atoms with E-state index in [0.717, 1.165) is 0 Å². The van der Waals surface area contributed by atoms with Gasteiger partial charge in [0.15, 0.2) is 0 Å². The van der Waals surface area contributed by atoms with Gasteiger partial charge in [-0.25, -0.2) is 0 Å². The van der Waals surface area contributed by atoms with E-state index >= 15 is 0 Å². The third-order valence-corrected chi connectivity index (χ3v) is 12.4. The minimum absolute atomic E-state index is 1.21. The fourth-order valence-electron chi connectivity index (χ4n) is 9.71. The van der Waals surface area contributed by atoms with Crippen LogP contribution in [0.25, 0.3) is 120 Å². The van der Waals surface area contributed by atoms with Gasteiger partial charge in [-0.1, -0.05) is 200 Å². The largest absolute Gasteiger partial charge is 0.0622 e. The minimum Gasteiger partial charge on any atom is -0.0622 e. The molecule has 0 unspecified atom stereocenters. The molecule has 58 heavy (non-hydrogen) atoms. The molecule has 12 aromatic carbocycles. The molecular formula is C58H36. The molecular weight excluding hydrogens is 697 g/mol. The average Bonchev–Trinajstić information content (AvgIpc) is 3.30. The molecule has 0 saturated heterocycles. The predicted octanol–water partition coefficient (Wildman–Crippen LogP) is 16.4. The Balaban J connectivity index is 1.04. The third-order valence-electron chi connectivity index (χ3n) is 12.4. The lowest BCUT2D eigenvalue weighted by Gasteiger charge is -2.21. The maximum Gasteiger partial charge on any atom is -0.00201 e. The molecule has 0 nitrogen and oxygen atoms in total. The van der Waals surface area contributed by atoms with Crippen LogP contribution in [0.5, 0.6) is 0 Å². The summed E-state index contributed by atoms with van der Waals surface area (Å²) in [6, 6.07) is 80.8. The van der Waals surface area contributed by atoms with Gasteiger partial charge in [0.25, 0.3) is 0 Å². The van der Waals surface area contributed by atoms with Crippen LogP contribution < -0.4 is 0 Å². The summed E-state index contributed by atoms with van der Waals surface area (Å²) < 4.78 is 0. The zero-order valence-corrected chi connectivity index (χ0v) is 31.8. The fraction of sp³-hybridized carbons (Fsp3) is 0. The average molecular weight is 733 g/mol. The molecule has 0 N–H and O–H groups in total. The first-order chi connectivity index (χ1) is 28.8. The van der Waals surface area contributed by atoms with E-state index in [1.54, 1.807) is 0 Å². The van der Waals surface area contributed by atoms with Crippen LogP contribution >= 0.6 is 0 Å². The van der Waals surface area contributed by atoms with Gasteiger partial charge >= 0.3 is 0 Å². The van der Waals surface area contributed by atoms with Crippen LogP contribution in [0, 0.1) is 0 Å². The van der Waals surface area contributed by atoms with Crippen molar-refractivity contribution < 1.29 is 0 Å². The van der Waals surface area contributed by atoms with E-state index in [-0.39, 0.29) is 0 Å². The quantitative estimate of drug-likeness (QED) is 0.122. The van der Waals surface area contributed by atoms with Crippen molar-refractivity contribution in [3.63, 3.8) is 0 Å². The molecule has 12 rings (SSSR count). The van der Waals surface area contributed by atoms with Gasteiger partial charge in [0.2, 0.25) is 0 Å². The van der Waals surface area contributed by atoms with Crippen LogP contribution in [-0.2, 0) is 0 Å². The fourth-order valence-corrected chi connectivity index (χ4v) is 9.71. The van der Waals surface area contributed by atoms with Crippen molar-refractivity contribution in [3.8, 4) is 55.6 Å². The first-order valence-electron chi connectivity index (χ1n) is 20.2. The van der Waals surface area contributed by atoms with Crippen LogP contribution in [0.15, 0.2) is 218 Å². The van der Waals surface area contributed by atoms with E-state index in [1.165, 1.54) is 120 Å². The third kappa shape index (κ3) is 5.09. The zero-order chi connectivity index (χ0) is 38.2. The van der Waals surface area contributed by atoms with Crippen LogP contribution in [-0.4, -0.2) is 0 Å². The Morgan fingerprint density at radius 2 is 0.603 bits per heavy atom. The molecule has 0 aliphatic heterocycles. The first-order valence-corrected chi connectivity index (χ1v) is 20.2. The summed E-state index contributed by atoms with van der Waals surface area (Å²) in [5.41, 5.74) is 12.5. The van der Waals surface area contributed by atoms with Crippen LogP contribution in [0.4, 0.5) is 0 Å². The second kappa shape index (κ2) is 13.0. The predicted molar refractivity (Wildman–Crippen MR) is 250 cm³/mol. The van der Waals surface area contributed by atoms with Gasteiger partial charge in [0.1, 0.15) is 0 Å². The monoisotopic (exact) mass is 732 g/mol. The van der Waals surface area contributed by atoms with E-state index in [1.807, 2.05) is 0 Å². The molecule has 0 aromatic heterocycles. The van der Waals surface area contributed by atoms with E-state index in [2.05, 4.69) is 218 Å². The van der Waals surface area contributed by atoms with Crippen LogP contribution in [0.1, 0.15) is 0 Å². The van der Waals surface area contributed by atoms with E-state index in [0.29, 0.717) is 0 Å². The highest BCUT2D eigenvalue weighted by molar-refractivity contribution is 6.30. The Hall–Kier alpha value is -7.54. The van der Waals surface area contributed by atoms with Gasteiger partial charge in [-0.3, -0.25) is 0 Å². The van der Waals surface area contributed by atoms with Gasteiger partial charge in [-0.2, -0.15) is 0 Å². The summed E-state index contributed by atoms with van der Waals surface area (Å²) >= 11 is 0. The minimum atomic E-state index is 1.21. The lowest BCUT2D eigenvalue weighted by atomic mass is 9.82. The molecule has 0 fully saturated rings. The van der Waals surface area contributed by atoms with Gasteiger partial charge in [0.05, 0.1) is 0 Å². The summed E-state index contributed by atoms with van der Waals surface area (Å²) in [6.07, 6.45) is 0. The van der Waals surface area contributed by atoms with Crippen molar-refractivity contribution in [1.29, 1.82) is 0 Å². The maximum atomic E-state index is 2.38. The summed E-state index contributed by atoms with van der Waals surface area (Å²) in [6.45, 7) is 0. The van der Waals surface area contributed by atoms with Crippen molar-refractivity contribution in [2.45, 2.75) is 0 Å². The summed E-state index contributed by atoms with van der Waals surface area (Å²) in [5, 5.41) is 15.4. The SMILES string of the molecule is c1ccc(-c2ccc3cc(-c4cccc(-c5c6ccccc6c(-c6ccc7ccc8c(-c9ccccc9)ccc9ccc6c7c98)c6ccccc56)c4)ccc3c2)cc1. The van der Waals surface area contributed by atoms with Crippen molar-refractivity contribution >= 4 is 64.6 Å². The number of rotatable bonds is 5. The van der Waals surface area contributed by atoms with Crippen molar-refractivity contribution in [2.24, 2.45) is 0 Å². The zero-order valence-electron chi connectivity index (χ0n) is 31.8. The Bertz CT molecular complexity index is 3480. The molecule has 0 heteroatoms. The molecule has 0 aliphatic rings. The highest BCUT2D eigenvalue weighted by atomic mass is 14.2. The molecule has 0 bridgehead atoms. The maximum absolute atomic E-state index is 2.38. The number of benzene rings is 12. The molecule has 0 spiro atoms. The number of hydrogen-bond acceptors (Lipinski definition) is 0. The topological polar surface area (TPSA) is 0 Å². The van der Waals surface area contributed by atoms with Crippen LogP contribution in [0.3, 0.4) is 0 Å². The summed E-state index contributed by atoms with van der Waals surface area (Å²) in [4.78, 5) is 0. The highest BCUT2D eigenvalue weighted by Gasteiger charge is 2.20. The Morgan fingerprint density at radius 3 is 1.21 bits per heavy atom. The molecule has 0 aliphatic carbocycles. The standard InChI is InChI=1S/C58H36/c1-3-12-37(13-4-1)42-22-23-45-35-43(24-25-44(45)34-42)41-16-11-17-46(36-41)55-48-18-7-9-20-50(48)58(51-21-10-8-19-49(51)55)54-33-29-40-27-31-52-47(38-14-5-2-6-15-38)30-26-39-28-32-53(54)57(40)56(39)52/h1-36H. The smallest absolute Gasteiger partial charge is 0.00201 e. The molecule has 0 saturated carbocycles. The second-order valence-corrected chi connectivity index (χ2v) is 15.6. The van der Waals surface area contributed by atoms with Crippen LogP contribution in [0.2, 0.25) is 0 Å². The lowest BCUT2D eigenvalue weighted by molar-refractivity contribution is 1.62. The molecule has 0 atom stereocenters. The number of hydrogen-bond donors (Lipinski definition) is 0. The van der Waals surface area contributed by atoms with Gasteiger partial charge in [-0.05, 0) is 138 Å². The number of fused-ring (bicyclic) bond motifs is 3. The molecule has 12 aromatic rings. The Kier molecular flexibility index (Phi) is 7.33. The molecule has 268 valence electrons.